The molecular formula is C23H22FN3O2S. The molecule has 0 fully saturated rings. The monoisotopic (exact) mass is 423 g/mol. The van der Waals surface area contributed by atoms with Crippen LogP contribution in [0.5, 0.6) is 0 Å². The van der Waals surface area contributed by atoms with E-state index in [-0.39, 0.29) is 18.2 Å². The summed E-state index contributed by atoms with van der Waals surface area (Å²) in [6.45, 7) is 0. The normalized spacial score (nSPS) is 13.2. The summed E-state index contributed by atoms with van der Waals surface area (Å²) in [6, 6.07) is 11.5. The first kappa shape index (κ1) is 20.2. The van der Waals surface area contributed by atoms with E-state index < -0.39 is 5.82 Å². The molecule has 2 N–H and O–H groups in total. The number of halogens is 1. The number of hydrogen-bond acceptors (Lipinski definition) is 4. The highest BCUT2D eigenvalue weighted by Gasteiger charge is 2.26. The van der Waals surface area contributed by atoms with Crippen molar-refractivity contribution < 1.29 is 14.0 Å². The molecule has 0 bridgehead atoms. The SMILES string of the molecule is O=C(Cc1ccccc1F)Nc1sc2c(c1C(=O)Nc1ccccn1)CCCCC2. The second kappa shape index (κ2) is 9.17. The highest BCUT2D eigenvalue weighted by molar-refractivity contribution is 7.17. The predicted octanol–water partition coefficient (Wildman–Crippen LogP) is 4.98. The maximum atomic E-state index is 13.9. The molecule has 2 aromatic heterocycles. The molecule has 3 aromatic rings. The minimum Gasteiger partial charge on any atom is -0.317 e. The molecule has 1 aliphatic carbocycles. The summed E-state index contributed by atoms with van der Waals surface area (Å²) in [4.78, 5) is 31.0. The molecule has 2 amide bonds. The zero-order valence-electron chi connectivity index (χ0n) is 16.4. The van der Waals surface area contributed by atoms with Gasteiger partial charge in [-0.1, -0.05) is 30.7 Å². The topological polar surface area (TPSA) is 71.1 Å². The zero-order valence-corrected chi connectivity index (χ0v) is 17.2. The number of amides is 2. The van der Waals surface area contributed by atoms with E-state index in [4.69, 9.17) is 0 Å². The minimum absolute atomic E-state index is 0.0868. The van der Waals surface area contributed by atoms with Crippen molar-refractivity contribution in [3.8, 4) is 0 Å². The van der Waals surface area contributed by atoms with Crippen molar-refractivity contribution in [3.63, 3.8) is 0 Å². The third-order valence-electron chi connectivity index (χ3n) is 5.12. The number of hydrogen-bond donors (Lipinski definition) is 2. The van der Waals surface area contributed by atoms with Crippen LogP contribution in [0.1, 0.15) is 45.6 Å². The Morgan fingerprint density at radius 1 is 1.00 bits per heavy atom. The van der Waals surface area contributed by atoms with Crippen LogP contribution in [0, 0.1) is 5.82 Å². The van der Waals surface area contributed by atoms with Gasteiger partial charge in [0.15, 0.2) is 0 Å². The van der Waals surface area contributed by atoms with E-state index in [2.05, 4.69) is 15.6 Å². The van der Waals surface area contributed by atoms with Gasteiger partial charge in [0.1, 0.15) is 16.6 Å². The highest BCUT2D eigenvalue weighted by Crippen LogP contribution is 2.38. The fourth-order valence-electron chi connectivity index (χ4n) is 3.67. The Balaban J connectivity index is 1.61. The number of thiophene rings is 1. The summed E-state index contributed by atoms with van der Waals surface area (Å²) in [5.74, 6) is -0.583. The molecule has 4 rings (SSSR count). The number of rotatable bonds is 5. The van der Waals surface area contributed by atoms with Crippen molar-refractivity contribution >= 4 is 34.0 Å². The van der Waals surface area contributed by atoms with E-state index in [1.54, 1.807) is 42.6 Å². The van der Waals surface area contributed by atoms with Crippen LogP contribution in [0.2, 0.25) is 0 Å². The second-order valence-electron chi connectivity index (χ2n) is 7.25. The molecule has 0 saturated carbocycles. The average molecular weight is 424 g/mol. The maximum Gasteiger partial charge on any atom is 0.260 e. The molecule has 0 atom stereocenters. The van der Waals surface area contributed by atoms with E-state index in [9.17, 15) is 14.0 Å². The second-order valence-corrected chi connectivity index (χ2v) is 8.36. The van der Waals surface area contributed by atoms with Crippen LogP contribution in [0.25, 0.3) is 0 Å². The summed E-state index contributed by atoms with van der Waals surface area (Å²) in [5.41, 5.74) is 1.84. The van der Waals surface area contributed by atoms with E-state index in [0.29, 0.717) is 21.9 Å². The number of anilines is 2. The Labute approximate surface area is 178 Å². The molecular weight excluding hydrogens is 401 g/mol. The Morgan fingerprint density at radius 3 is 2.60 bits per heavy atom. The van der Waals surface area contributed by atoms with Crippen molar-refractivity contribution in [2.75, 3.05) is 10.6 Å². The van der Waals surface area contributed by atoms with Crippen LogP contribution < -0.4 is 10.6 Å². The van der Waals surface area contributed by atoms with Gasteiger partial charge >= 0.3 is 0 Å². The molecule has 1 aromatic carbocycles. The van der Waals surface area contributed by atoms with Crippen LogP contribution in [0.3, 0.4) is 0 Å². The molecule has 30 heavy (non-hydrogen) atoms. The van der Waals surface area contributed by atoms with Gasteiger partial charge in [0, 0.05) is 11.1 Å². The van der Waals surface area contributed by atoms with Crippen LogP contribution in [0.4, 0.5) is 15.2 Å². The first-order chi connectivity index (χ1) is 14.6. The van der Waals surface area contributed by atoms with Crippen LogP contribution in [0.15, 0.2) is 48.7 Å². The number of nitrogens with one attached hydrogen (secondary N) is 2. The van der Waals surface area contributed by atoms with E-state index in [1.165, 1.54) is 17.4 Å². The average Bonchev–Trinajstić information content (AvgIpc) is 2.91. The predicted molar refractivity (Wildman–Crippen MR) is 117 cm³/mol. The number of carbonyl (C=O) groups is 2. The van der Waals surface area contributed by atoms with Crippen molar-refractivity contribution in [2.45, 2.75) is 38.5 Å². The smallest absolute Gasteiger partial charge is 0.260 e. The fourth-order valence-corrected chi connectivity index (χ4v) is 4.97. The van der Waals surface area contributed by atoms with Gasteiger partial charge in [-0.3, -0.25) is 9.59 Å². The van der Waals surface area contributed by atoms with Gasteiger partial charge in [0.2, 0.25) is 5.91 Å². The standard InChI is InChI=1S/C23H22FN3O2S/c24-17-10-5-4-8-15(17)14-20(28)27-23-21(16-9-2-1-3-11-18(16)30-23)22(29)26-19-12-6-7-13-25-19/h4-8,10,12-13H,1-3,9,11,14H2,(H,27,28)(H,25,26,29). The van der Waals surface area contributed by atoms with Gasteiger partial charge in [-0.05, 0) is 55.0 Å². The quantitative estimate of drug-likeness (QED) is 0.568. The molecule has 0 aliphatic heterocycles. The number of aromatic nitrogens is 1. The minimum atomic E-state index is -0.414. The molecule has 0 saturated heterocycles. The molecule has 2 heterocycles. The number of carbonyl (C=O) groups excluding carboxylic acids is 2. The number of nitrogens with zero attached hydrogens (tertiary/aromatic N) is 1. The lowest BCUT2D eigenvalue weighted by Gasteiger charge is -2.10. The number of aryl methyl sites for hydroxylation is 1. The third kappa shape index (κ3) is 4.57. The summed E-state index contributed by atoms with van der Waals surface area (Å²) in [5, 5.41) is 6.22. The van der Waals surface area contributed by atoms with E-state index in [0.717, 1.165) is 42.5 Å². The molecule has 0 unspecified atom stereocenters. The number of pyridine rings is 1. The lowest BCUT2D eigenvalue weighted by atomic mass is 10.0. The van der Waals surface area contributed by atoms with Gasteiger partial charge in [-0.2, -0.15) is 0 Å². The van der Waals surface area contributed by atoms with Crippen molar-refractivity contribution in [1.29, 1.82) is 0 Å². The molecule has 0 radical (unpaired) electrons. The Kier molecular flexibility index (Phi) is 6.18. The van der Waals surface area contributed by atoms with Gasteiger partial charge < -0.3 is 10.6 Å². The number of fused-ring (bicyclic) bond motifs is 1. The molecule has 0 spiro atoms. The summed E-state index contributed by atoms with van der Waals surface area (Å²) in [6.07, 6.45) is 6.43. The molecule has 1 aliphatic rings. The molecule has 7 heteroatoms. The van der Waals surface area contributed by atoms with Gasteiger partial charge in [-0.25, -0.2) is 9.37 Å². The van der Waals surface area contributed by atoms with Crippen molar-refractivity contribution in [2.24, 2.45) is 0 Å². The van der Waals surface area contributed by atoms with Crippen LogP contribution in [-0.4, -0.2) is 16.8 Å². The van der Waals surface area contributed by atoms with Crippen molar-refractivity contribution in [3.05, 3.63) is 76.0 Å². The summed E-state index contributed by atoms with van der Waals surface area (Å²) >= 11 is 1.45. The van der Waals surface area contributed by atoms with Gasteiger partial charge in [0.25, 0.3) is 5.91 Å². The third-order valence-corrected chi connectivity index (χ3v) is 6.32. The largest absolute Gasteiger partial charge is 0.317 e. The van der Waals surface area contributed by atoms with Crippen LogP contribution in [-0.2, 0) is 24.1 Å². The number of benzene rings is 1. The van der Waals surface area contributed by atoms with Gasteiger partial charge in [-0.15, -0.1) is 11.3 Å². The lowest BCUT2D eigenvalue weighted by molar-refractivity contribution is -0.115. The molecule has 5 nitrogen and oxygen atoms in total. The zero-order chi connectivity index (χ0) is 20.9. The first-order valence-electron chi connectivity index (χ1n) is 10.0. The van der Waals surface area contributed by atoms with E-state index >= 15 is 0 Å². The Morgan fingerprint density at radius 2 is 1.80 bits per heavy atom. The summed E-state index contributed by atoms with van der Waals surface area (Å²) in [7, 11) is 0. The van der Waals surface area contributed by atoms with Crippen LogP contribution >= 0.6 is 11.3 Å². The Hall–Kier alpha value is -3.06. The maximum absolute atomic E-state index is 13.9. The lowest BCUT2D eigenvalue weighted by Crippen LogP contribution is -2.19. The Bertz CT molecular complexity index is 1070. The summed E-state index contributed by atoms with van der Waals surface area (Å²) < 4.78 is 13.9. The van der Waals surface area contributed by atoms with Gasteiger partial charge in [0.05, 0.1) is 12.0 Å². The first-order valence-corrected chi connectivity index (χ1v) is 10.8. The highest BCUT2D eigenvalue weighted by atomic mass is 32.1. The van der Waals surface area contributed by atoms with E-state index in [1.807, 2.05) is 0 Å². The van der Waals surface area contributed by atoms with Crippen molar-refractivity contribution in [1.82, 2.24) is 4.98 Å². The fraction of sp³-hybridized carbons (Fsp3) is 0.261. The molecule has 154 valence electrons.